The van der Waals surface area contributed by atoms with Crippen molar-refractivity contribution in [3.63, 3.8) is 0 Å². The SMILES string of the molecule is CNC(=O)N(C)N1CC(=O)N2[C@@H](Cc3ccc(C#CC(=O)c4ccccc4)cc3)C(=O)N(Cc3cccc4sc(N)nc34)C[C@@H]21. The quantitative estimate of drug-likeness (QED) is 0.250. The van der Waals surface area contributed by atoms with Gasteiger partial charge in [-0.3, -0.25) is 19.4 Å². The van der Waals surface area contributed by atoms with Crippen LogP contribution in [0.4, 0.5) is 9.93 Å². The van der Waals surface area contributed by atoms with Gasteiger partial charge in [0.25, 0.3) is 0 Å². The molecule has 3 aromatic carbocycles. The summed E-state index contributed by atoms with van der Waals surface area (Å²) in [6.45, 7) is 0.451. The summed E-state index contributed by atoms with van der Waals surface area (Å²) in [5.74, 6) is 4.89. The number of hydrogen-bond donors (Lipinski definition) is 2. The van der Waals surface area contributed by atoms with Crippen molar-refractivity contribution in [3.8, 4) is 11.8 Å². The summed E-state index contributed by atoms with van der Waals surface area (Å²) in [4.78, 5) is 60.3. The average Bonchev–Trinajstić information content (AvgIpc) is 3.60. The predicted molar refractivity (Wildman–Crippen MR) is 171 cm³/mol. The Bertz CT molecular complexity index is 1850. The van der Waals surface area contributed by atoms with Crippen LogP contribution >= 0.6 is 11.3 Å². The Hall–Kier alpha value is -5.25. The van der Waals surface area contributed by atoms with Crippen molar-refractivity contribution < 1.29 is 19.2 Å². The smallest absolute Gasteiger partial charge is 0.331 e. The third kappa shape index (κ3) is 5.95. The molecule has 1 aromatic heterocycles. The van der Waals surface area contributed by atoms with E-state index < -0.39 is 12.2 Å². The van der Waals surface area contributed by atoms with Crippen molar-refractivity contribution in [3.05, 3.63) is 95.1 Å². The Labute approximate surface area is 264 Å². The molecule has 0 saturated carbocycles. The van der Waals surface area contributed by atoms with Gasteiger partial charge < -0.3 is 20.9 Å². The number of fused-ring (bicyclic) bond motifs is 2. The maximum atomic E-state index is 14.1. The number of carbonyl (C=O) groups is 4. The molecule has 228 valence electrons. The van der Waals surface area contributed by atoms with E-state index in [1.807, 2.05) is 36.4 Å². The third-order valence-electron chi connectivity index (χ3n) is 8.08. The number of nitrogens with zero attached hydrogens (tertiary/aromatic N) is 5. The molecule has 2 fully saturated rings. The lowest BCUT2D eigenvalue weighted by Crippen LogP contribution is -2.65. The maximum absolute atomic E-state index is 14.1. The molecule has 45 heavy (non-hydrogen) atoms. The van der Waals surface area contributed by atoms with Crippen LogP contribution in [0.2, 0.25) is 0 Å². The van der Waals surface area contributed by atoms with E-state index in [0.717, 1.165) is 21.3 Å². The number of nitrogens with two attached hydrogens (primary N) is 1. The number of amides is 4. The lowest BCUT2D eigenvalue weighted by Gasteiger charge is -2.45. The number of piperazine rings is 1. The summed E-state index contributed by atoms with van der Waals surface area (Å²) >= 11 is 1.38. The monoisotopic (exact) mass is 621 g/mol. The number of hydrazine groups is 1. The van der Waals surface area contributed by atoms with E-state index in [1.165, 1.54) is 23.4 Å². The minimum atomic E-state index is -0.796. The summed E-state index contributed by atoms with van der Waals surface area (Å²) in [5, 5.41) is 6.13. The number of rotatable bonds is 6. The number of para-hydroxylation sites is 1. The number of carbonyl (C=O) groups excluding carboxylic acids is 4. The number of Topliss-reactive ketones (excluding diaryl/α,β-unsaturated/α-hetero) is 1. The van der Waals surface area contributed by atoms with Crippen LogP contribution in [0.15, 0.2) is 72.8 Å². The molecule has 4 amide bonds. The molecule has 11 nitrogen and oxygen atoms in total. The number of benzene rings is 3. The Morgan fingerprint density at radius 2 is 1.82 bits per heavy atom. The van der Waals surface area contributed by atoms with Gasteiger partial charge in [0.05, 0.1) is 23.3 Å². The van der Waals surface area contributed by atoms with Crippen LogP contribution in [0.5, 0.6) is 0 Å². The zero-order valence-corrected chi connectivity index (χ0v) is 25.6. The van der Waals surface area contributed by atoms with Crippen LogP contribution in [0.25, 0.3) is 10.2 Å². The van der Waals surface area contributed by atoms with Crippen LogP contribution in [-0.2, 0) is 22.6 Å². The minimum Gasteiger partial charge on any atom is -0.375 e. The highest BCUT2D eigenvalue weighted by molar-refractivity contribution is 7.22. The fourth-order valence-corrected chi connectivity index (χ4v) is 6.60. The van der Waals surface area contributed by atoms with Gasteiger partial charge in [0.1, 0.15) is 12.2 Å². The number of ketones is 1. The van der Waals surface area contributed by atoms with Crippen molar-refractivity contribution >= 4 is 50.3 Å². The second-order valence-electron chi connectivity index (χ2n) is 10.9. The molecular weight excluding hydrogens is 590 g/mol. The number of hydrogen-bond acceptors (Lipinski definition) is 8. The number of anilines is 1. The fourth-order valence-electron chi connectivity index (χ4n) is 5.82. The zero-order valence-electron chi connectivity index (χ0n) is 24.8. The zero-order chi connectivity index (χ0) is 31.7. The molecule has 0 bridgehead atoms. The summed E-state index contributed by atoms with van der Waals surface area (Å²) in [7, 11) is 3.13. The molecule has 2 aliphatic rings. The Morgan fingerprint density at radius 3 is 2.56 bits per heavy atom. The van der Waals surface area contributed by atoms with Crippen molar-refractivity contribution in [2.75, 3.05) is 32.9 Å². The van der Waals surface area contributed by atoms with Gasteiger partial charge in [0.15, 0.2) is 5.13 Å². The van der Waals surface area contributed by atoms with Gasteiger partial charge in [0.2, 0.25) is 17.6 Å². The first-order chi connectivity index (χ1) is 21.7. The molecule has 0 radical (unpaired) electrons. The third-order valence-corrected chi connectivity index (χ3v) is 8.93. The molecule has 12 heteroatoms. The van der Waals surface area contributed by atoms with Gasteiger partial charge in [-0.05, 0) is 35.2 Å². The average molecular weight is 622 g/mol. The molecule has 0 aliphatic carbocycles. The van der Waals surface area contributed by atoms with Crippen LogP contribution in [-0.4, -0.2) is 87.8 Å². The molecule has 4 aromatic rings. The first-order valence-electron chi connectivity index (χ1n) is 14.4. The molecule has 3 N–H and O–H groups in total. The predicted octanol–water partition coefficient (Wildman–Crippen LogP) is 2.72. The van der Waals surface area contributed by atoms with E-state index in [2.05, 4.69) is 22.1 Å². The van der Waals surface area contributed by atoms with Gasteiger partial charge >= 0.3 is 6.03 Å². The normalized spacial score (nSPS) is 18.0. The van der Waals surface area contributed by atoms with E-state index in [1.54, 1.807) is 58.3 Å². The first kappa shape index (κ1) is 29.8. The summed E-state index contributed by atoms with van der Waals surface area (Å²) < 4.78 is 0.929. The Morgan fingerprint density at radius 1 is 1.07 bits per heavy atom. The van der Waals surface area contributed by atoms with Crippen LogP contribution in [0.3, 0.4) is 0 Å². The minimum absolute atomic E-state index is 0.0334. The Balaban J connectivity index is 1.27. The summed E-state index contributed by atoms with van der Waals surface area (Å²) in [6.07, 6.45) is -0.282. The molecule has 6 rings (SSSR count). The van der Waals surface area contributed by atoms with Crippen LogP contribution < -0.4 is 11.1 Å². The lowest BCUT2D eigenvalue weighted by atomic mass is 9.99. The molecule has 3 heterocycles. The highest BCUT2D eigenvalue weighted by Crippen LogP contribution is 2.32. The number of nitrogen functional groups attached to an aromatic ring is 1. The first-order valence-corrected chi connectivity index (χ1v) is 15.2. The van der Waals surface area contributed by atoms with Crippen molar-refractivity contribution in [1.29, 1.82) is 0 Å². The second kappa shape index (κ2) is 12.4. The number of nitrogens with one attached hydrogen (secondary N) is 1. The summed E-state index contributed by atoms with van der Waals surface area (Å²) in [6, 6.07) is 20.8. The van der Waals surface area contributed by atoms with E-state index >= 15 is 0 Å². The van der Waals surface area contributed by atoms with Crippen molar-refractivity contribution in [2.24, 2.45) is 0 Å². The standard InChI is InChI=1S/C33H31N7O4S/c1-35-33(44)37(2)39-20-29(42)40-25(17-22-13-11-21(12-14-22)15-16-26(41)23-7-4-3-5-8-23)31(43)38(19-28(39)40)18-24-9-6-10-27-30(24)36-32(34)45-27/h3-14,25,28H,17-20H2,1-2H3,(H2,34,36)(H,35,44)/t25-,28+/m0/s1. The number of thiazole rings is 1. The van der Waals surface area contributed by atoms with Gasteiger partial charge in [0, 0.05) is 38.2 Å². The van der Waals surface area contributed by atoms with Gasteiger partial charge in [-0.25, -0.2) is 9.78 Å². The highest BCUT2D eigenvalue weighted by Gasteiger charge is 2.51. The van der Waals surface area contributed by atoms with Gasteiger partial charge in [-0.2, -0.15) is 5.01 Å². The van der Waals surface area contributed by atoms with Gasteiger partial charge in [-0.15, -0.1) is 0 Å². The molecule has 0 unspecified atom stereocenters. The topological polar surface area (TPSA) is 132 Å². The molecule has 2 saturated heterocycles. The maximum Gasteiger partial charge on any atom is 0.331 e. The van der Waals surface area contributed by atoms with Crippen LogP contribution in [0.1, 0.15) is 27.0 Å². The molecular formula is C33H31N7O4S. The van der Waals surface area contributed by atoms with E-state index in [0.29, 0.717) is 16.3 Å². The molecule has 2 aliphatic heterocycles. The van der Waals surface area contributed by atoms with Crippen LogP contribution in [0, 0.1) is 11.8 Å². The van der Waals surface area contributed by atoms with Gasteiger partial charge in [-0.1, -0.05) is 71.9 Å². The molecule has 2 atom stereocenters. The summed E-state index contributed by atoms with van der Waals surface area (Å²) in [5.41, 5.74) is 9.59. The number of urea groups is 1. The van der Waals surface area contributed by atoms with Crippen molar-refractivity contribution in [1.82, 2.24) is 30.1 Å². The Kier molecular flexibility index (Phi) is 8.21. The molecule has 0 spiro atoms. The van der Waals surface area contributed by atoms with Crippen molar-refractivity contribution in [2.45, 2.75) is 25.2 Å². The van der Waals surface area contributed by atoms with E-state index in [-0.39, 0.29) is 49.7 Å². The fraction of sp³-hybridized carbons (Fsp3) is 0.242. The lowest BCUT2D eigenvalue weighted by molar-refractivity contribution is -0.157. The van der Waals surface area contributed by atoms with E-state index in [4.69, 9.17) is 5.73 Å². The number of aromatic nitrogens is 1. The largest absolute Gasteiger partial charge is 0.375 e. The second-order valence-corrected chi connectivity index (χ2v) is 11.9. The highest BCUT2D eigenvalue weighted by atomic mass is 32.1. The van der Waals surface area contributed by atoms with E-state index in [9.17, 15) is 19.2 Å².